The highest BCUT2D eigenvalue weighted by Gasteiger charge is 2.21. The second kappa shape index (κ2) is 8.06. The number of amides is 1. The van der Waals surface area contributed by atoms with Gasteiger partial charge in [0.2, 0.25) is 5.91 Å². The summed E-state index contributed by atoms with van der Waals surface area (Å²) < 4.78 is 4.61. The van der Waals surface area contributed by atoms with Gasteiger partial charge >= 0.3 is 5.97 Å². The largest absolute Gasteiger partial charge is 0.469 e. The molecule has 0 heterocycles. The van der Waals surface area contributed by atoms with Gasteiger partial charge in [-0.3, -0.25) is 9.59 Å². The van der Waals surface area contributed by atoms with Crippen LogP contribution in [-0.4, -0.2) is 48.7 Å². The molecule has 0 saturated heterocycles. The second-order valence-electron chi connectivity index (χ2n) is 4.59. The van der Waals surface area contributed by atoms with E-state index in [0.29, 0.717) is 13.0 Å². The van der Waals surface area contributed by atoms with Crippen LogP contribution < -0.4 is 0 Å². The maximum Gasteiger partial charge on any atom is 0.310 e. The highest BCUT2D eigenvalue weighted by Crippen LogP contribution is 2.08. The highest BCUT2D eigenvalue weighted by atomic mass is 16.5. The molecule has 1 amide bonds. The van der Waals surface area contributed by atoms with Crippen LogP contribution in [0.4, 0.5) is 0 Å². The minimum absolute atomic E-state index is 0.0372. The fraction of sp³-hybridized carbons (Fsp3) is 0.833. The van der Waals surface area contributed by atoms with E-state index in [1.165, 1.54) is 12.0 Å². The van der Waals surface area contributed by atoms with Gasteiger partial charge in [0.05, 0.1) is 19.6 Å². The Bertz CT molecular complexity index is 253. The molecule has 1 unspecified atom stereocenters. The molecule has 0 aromatic heterocycles. The Morgan fingerprint density at radius 2 is 1.88 bits per heavy atom. The molecular weight excluding hydrogens is 222 g/mol. The van der Waals surface area contributed by atoms with Crippen molar-refractivity contribution in [3.8, 4) is 0 Å². The quantitative estimate of drug-likeness (QED) is 0.669. The standard InChI is InChI=1S/C12H23NO4/c1-9(2)7-11(15)13(5-6-14)8-10(3)12(16)17-4/h9-10,14H,5-8H2,1-4H3. The van der Waals surface area contributed by atoms with E-state index in [-0.39, 0.29) is 36.9 Å². The summed E-state index contributed by atoms with van der Waals surface area (Å²) in [7, 11) is 1.32. The molecule has 0 fully saturated rings. The van der Waals surface area contributed by atoms with Crippen molar-refractivity contribution in [2.24, 2.45) is 11.8 Å². The van der Waals surface area contributed by atoms with Gasteiger partial charge < -0.3 is 14.7 Å². The van der Waals surface area contributed by atoms with Crippen LogP contribution in [0.25, 0.3) is 0 Å². The topological polar surface area (TPSA) is 66.8 Å². The summed E-state index contributed by atoms with van der Waals surface area (Å²) in [5, 5.41) is 8.92. The predicted molar refractivity (Wildman–Crippen MR) is 64.3 cm³/mol. The van der Waals surface area contributed by atoms with Crippen LogP contribution in [0.3, 0.4) is 0 Å². The number of nitrogens with zero attached hydrogens (tertiary/aromatic N) is 1. The Kier molecular flexibility index (Phi) is 7.54. The lowest BCUT2D eigenvalue weighted by Crippen LogP contribution is -2.39. The summed E-state index contributed by atoms with van der Waals surface area (Å²) in [6, 6.07) is 0. The van der Waals surface area contributed by atoms with Crippen molar-refractivity contribution in [1.82, 2.24) is 4.90 Å². The van der Waals surface area contributed by atoms with Crippen LogP contribution in [-0.2, 0) is 14.3 Å². The zero-order valence-corrected chi connectivity index (χ0v) is 11.1. The molecule has 0 radical (unpaired) electrons. The highest BCUT2D eigenvalue weighted by molar-refractivity contribution is 5.78. The van der Waals surface area contributed by atoms with Gasteiger partial charge in [0.1, 0.15) is 0 Å². The summed E-state index contributed by atoms with van der Waals surface area (Å²) in [5.41, 5.74) is 0. The van der Waals surface area contributed by atoms with E-state index in [4.69, 9.17) is 5.11 Å². The molecule has 0 spiro atoms. The summed E-state index contributed by atoms with van der Waals surface area (Å²) in [6.45, 7) is 6.07. The third-order valence-electron chi connectivity index (χ3n) is 2.40. The molecular formula is C12H23NO4. The van der Waals surface area contributed by atoms with Crippen LogP contribution in [0.5, 0.6) is 0 Å². The number of ether oxygens (including phenoxy) is 1. The van der Waals surface area contributed by atoms with Crippen LogP contribution in [0.2, 0.25) is 0 Å². The third kappa shape index (κ3) is 6.26. The monoisotopic (exact) mass is 245 g/mol. The lowest BCUT2D eigenvalue weighted by Gasteiger charge is -2.25. The Labute approximate surface area is 103 Å². The molecule has 0 aliphatic rings. The van der Waals surface area contributed by atoms with Gasteiger partial charge in [0.25, 0.3) is 0 Å². The van der Waals surface area contributed by atoms with Crippen LogP contribution in [0.1, 0.15) is 27.2 Å². The molecule has 0 bridgehead atoms. The van der Waals surface area contributed by atoms with E-state index >= 15 is 0 Å². The second-order valence-corrected chi connectivity index (χ2v) is 4.59. The lowest BCUT2D eigenvalue weighted by atomic mass is 10.1. The van der Waals surface area contributed by atoms with Crippen molar-refractivity contribution in [3.05, 3.63) is 0 Å². The first-order valence-electron chi connectivity index (χ1n) is 5.88. The molecule has 100 valence electrons. The van der Waals surface area contributed by atoms with Crippen LogP contribution in [0, 0.1) is 11.8 Å². The van der Waals surface area contributed by atoms with Crippen molar-refractivity contribution >= 4 is 11.9 Å². The van der Waals surface area contributed by atoms with Gasteiger partial charge in [-0.25, -0.2) is 0 Å². The molecule has 0 aliphatic carbocycles. The first-order valence-corrected chi connectivity index (χ1v) is 5.88. The predicted octanol–water partition coefficient (Wildman–Crippen LogP) is 0.662. The Hall–Kier alpha value is -1.10. The zero-order chi connectivity index (χ0) is 13.4. The van der Waals surface area contributed by atoms with E-state index in [9.17, 15) is 9.59 Å². The van der Waals surface area contributed by atoms with E-state index in [0.717, 1.165) is 0 Å². The van der Waals surface area contributed by atoms with Crippen molar-refractivity contribution < 1.29 is 19.4 Å². The smallest absolute Gasteiger partial charge is 0.310 e. The molecule has 0 aromatic rings. The zero-order valence-electron chi connectivity index (χ0n) is 11.1. The molecule has 0 aromatic carbocycles. The summed E-state index contributed by atoms with van der Waals surface area (Å²) in [5.74, 6) is -0.491. The number of hydrogen-bond donors (Lipinski definition) is 1. The molecule has 0 aliphatic heterocycles. The van der Waals surface area contributed by atoms with Gasteiger partial charge in [-0.1, -0.05) is 20.8 Å². The number of esters is 1. The number of carbonyl (C=O) groups excluding carboxylic acids is 2. The van der Waals surface area contributed by atoms with Gasteiger partial charge in [-0.15, -0.1) is 0 Å². The normalized spacial score (nSPS) is 12.4. The fourth-order valence-electron chi connectivity index (χ4n) is 1.52. The Morgan fingerprint density at radius 3 is 2.29 bits per heavy atom. The molecule has 5 heteroatoms. The third-order valence-corrected chi connectivity index (χ3v) is 2.40. The van der Waals surface area contributed by atoms with E-state index in [2.05, 4.69) is 4.74 Å². The van der Waals surface area contributed by atoms with Gasteiger partial charge in [0, 0.05) is 19.5 Å². The Morgan fingerprint density at radius 1 is 1.29 bits per heavy atom. The average molecular weight is 245 g/mol. The number of hydrogen-bond acceptors (Lipinski definition) is 4. The lowest BCUT2D eigenvalue weighted by molar-refractivity contribution is -0.146. The fourth-order valence-corrected chi connectivity index (χ4v) is 1.52. The molecule has 0 saturated carbocycles. The van der Waals surface area contributed by atoms with Crippen LogP contribution >= 0.6 is 0 Å². The first-order chi connectivity index (χ1) is 7.92. The number of aliphatic hydroxyl groups is 1. The number of rotatable bonds is 7. The van der Waals surface area contributed by atoms with Crippen molar-refractivity contribution in [2.75, 3.05) is 26.8 Å². The van der Waals surface area contributed by atoms with Crippen molar-refractivity contribution in [1.29, 1.82) is 0 Å². The van der Waals surface area contributed by atoms with Gasteiger partial charge in [-0.2, -0.15) is 0 Å². The first kappa shape index (κ1) is 15.9. The molecule has 17 heavy (non-hydrogen) atoms. The summed E-state index contributed by atoms with van der Waals surface area (Å²) >= 11 is 0. The van der Waals surface area contributed by atoms with E-state index < -0.39 is 0 Å². The van der Waals surface area contributed by atoms with Crippen molar-refractivity contribution in [2.45, 2.75) is 27.2 Å². The average Bonchev–Trinajstić information content (AvgIpc) is 2.26. The van der Waals surface area contributed by atoms with Crippen LogP contribution in [0.15, 0.2) is 0 Å². The number of carbonyl (C=O) groups is 2. The van der Waals surface area contributed by atoms with Crippen molar-refractivity contribution in [3.63, 3.8) is 0 Å². The van der Waals surface area contributed by atoms with Gasteiger partial charge in [-0.05, 0) is 5.92 Å². The summed E-state index contributed by atoms with van der Waals surface area (Å²) in [4.78, 5) is 24.6. The maximum absolute atomic E-state index is 11.9. The van der Waals surface area contributed by atoms with E-state index in [1.54, 1.807) is 6.92 Å². The molecule has 5 nitrogen and oxygen atoms in total. The Balaban J connectivity index is 4.41. The minimum Gasteiger partial charge on any atom is -0.469 e. The SMILES string of the molecule is COC(=O)C(C)CN(CCO)C(=O)CC(C)C. The number of aliphatic hydroxyl groups excluding tert-OH is 1. The van der Waals surface area contributed by atoms with E-state index in [1.807, 2.05) is 13.8 Å². The summed E-state index contributed by atoms with van der Waals surface area (Å²) in [6.07, 6.45) is 0.424. The minimum atomic E-state index is -0.373. The molecule has 1 atom stereocenters. The van der Waals surface area contributed by atoms with Gasteiger partial charge in [0.15, 0.2) is 0 Å². The molecule has 1 N–H and O–H groups in total. The number of methoxy groups -OCH3 is 1. The maximum atomic E-state index is 11.9. The molecule has 0 rings (SSSR count).